The number of nitrogens with one attached hydrogen (secondary N) is 1. The van der Waals surface area contributed by atoms with Gasteiger partial charge in [0.15, 0.2) is 0 Å². The summed E-state index contributed by atoms with van der Waals surface area (Å²) in [7, 11) is 0. The van der Waals surface area contributed by atoms with Crippen LogP contribution in [-0.2, 0) is 0 Å². The number of piperazine rings is 1. The van der Waals surface area contributed by atoms with Crippen LogP contribution in [0.1, 0.15) is 33.6 Å². The maximum atomic E-state index is 14.3. The molecule has 1 aliphatic heterocycles. The van der Waals surface area contributed by atoms with Crippen LogP contribution < -0.4 is 10.2 Å². The van der Waals surface area contributed by atoms with Gasteiger partial charge in [-0.2, -0.15) is 0 Å². The van der Waals surface area contributed by atoms with Crippen LogP contribution in [-0.4, -0.2) is 25.2 Å². The standard InChI is InChI=1S/C16H23BrF2N2/c1-4-10(3)15-9-21(11(5-2)8-20-15)16-7-13(18)12(17)6-14(16)19/h6-7,10-11,15,20H,4-5,8-9H2,1-3H3. The van der Waals surface area contributed by atoms with Gasteiger partial charge in [0.2, 0.25) is 0 Å². The number of hydrogen-bond acceptors (Lipinski definition) is 2. The highest BCUT2D eigenvalue weighted by atomic mass is 79.9. The van der Waals surface area contributed by atoms with Gasteiger partial charge < -0.3 is 10.2 Å². The highest BCUT2D eigenvalue weighted by Crippen LogP contribution is 2.30. The van der Waals surface area contributed by atoms with E-state index in [0.717, 1.165) is 19.4 Å². The molecule has 1 aliphatic rings. The van der Waals surface area contributed by atoms with Crippen molar-refractivity contribution < 1.29 is 8.78 Å². The number of halogens is 3. The molecule has 2 rings (SSSR count). The Morgan fingerprint density at radius 2 is 2.05 bits per heavy atom. The van der Waals surface area contributed by atoms with Crippen LogP contribution in [0, 0.1) is 17.6 Å². The number of anilines is 1. The molecule has 0 amide bonds. The van der Waals surface area contributed by atoms with Gasteiger partial charge in [0, 0.05) is 31.2 Å². The first-order valence-corrected chi connectivity index (χ1v) is 8.41. The van der Waals surface area contributed by atoms with Gasteiger partial charge in [-0.1, -0.05) is 27.2 Å². The Labute approximate surface area is 134 Å². The Balaban J connectivity index is 2.31. The smallest absolute Gasteiger partial charge is 0.147 e. The summed E-state index contributed by atoms with van der Waals surface area (Å²) >= 11 is 3.04. The minimum absolute atomic E-state index is 0.172. The van der Waals surface area contributed by atoms with Crippen LogP contribution in [0.3, 0.4) is 0 Å². The van der Waals surface area contributed by atoms with Crippen LogP contribution in [0.25, 0.3) is 0 Å². The molecule has 1 heterocycles. The van der Waals surface area contributed by atoms with Crippen LogP contribution >= 0.6 is 15.9 Å². The van der Waals surface area contributed by atoms with Crippen molar-refractivity contribution >= 4 is 21.6 Å². The van der Waals surface area contributed by atoms with Crippen molar-refractivity contribution in [3.63, 3.8) is 0 Å². The maximum Gasteiger partial charge on any atom is 0.147 e. The summed E-state index contributed by atoms with van der Waals surface area (Å²) < 4.78 is 28.3. The van der Waals surface area contributed by atoms with Crippen LogP contribution in [0.4, 0.5) is 14.5 Å². The molecule has 0 aromatic heterocycles. The fourth-order valence-corrected chi connectivity index (χ4v) is 3.20. The average molecular weight is 361 g/mol. The highest BCUT2D eigenvalue weighted by molar-refractivity contribution is 9.10. The van der Waals surface area contributed by atoms with Crippen molar-refractivity contribution in [3.05, 3.63) is 28.2 Å². The van der Waals surface area contributed by atoms with Gasteiger partial charge in [0.05, 0.1) is 10.2 Å². The third kappa shape index (κ3) is 3.57. The summed E-state index contributed by atoms with van der Waals surface area (Å²) in [4.78, 5) is 2.03. The molecule has 0 bridgehead atoms. The summed E-state index contributed by atoms with van der Waals surface area (Å²) in [6.45, 7) is 7.95. The molecule has 5 heteroatoms. The molecular weight excluding hydrogens is 338 g/mol. The van der Waals surface area contributed by atoms with Gasteiger partial charge >= 0.3 is 0 Å². The van der Waals surface area contributed by atoms with E-state index in [4.69, 9.17) is 0 Å². The second-order valence-corrected chi connectivity index (χ2v) is 6.69. The van der Waals surface area contributed by atoms with E-state index in [1.165, 1.54) is 12.1 Å². The third-order valence-corrected chi connectivity index (χ3v) is 5.16. The first kappa shape index (κ1) is 16.7. The zero-order valence-electron chi connectivity index (χ0n) is 12.8. The minimum Gasteiger partial charge on any atom is -0.363 e. The second-order valence-electron chi connectivity index (χ2n) is 5.83. The van der Waals surface area contributed by atoms with Gasteiger partial charge in [-0.05, 0) is 34.3 Å². The molecule has 1 N–H and O–H groups in total. The second kappa shape index (κ2) is 7.05. The number of benzene rings is 1. The van der Waals surface area contributed by atoms with Crippen molar-refractivity contribution in [2.24, 2.45) is 5.92 Å². The van der Waals surface area contributed by atoms with E-state index in [-0.39, 0.29) is 16.3 Å². The molecule has 1 aromatic rings. The number of rotatable bonds is 4. The Morgan fingerprint density at radius 3 is 2.67 bits per heavy atom. The minimum atomic E-state index is -0.417. The van der Waals surface area contributed by atoms with Crippen molar-refractivity contribution in [2.45, 2.75) is 45.7 Å². The normalized spacial score (nSPS) is 24.2. The lowest BCUT2D eigenvalue weighted by atomic mass is 9.94. The van der Waals surface area contributed by atoms with E-state index in [0.29, 0.717) is 24.2 Å². The molecule has 118 valence electrons. The van der Waals surface area contributed by atoms with E-state index in [9.17, 15) is 8.78 Å². The SMILES string of the molecule is CCC(C)C1CN(c2cc(F)c(Br)cc2F)C(CC)CN1. The van der Waals surface area contributed by atoms with Gasteiger partial charge in [-0.15, -0.1) is 0 Å². The first-order chi connectivity index (χ1) is 9.97. The average Bonchev–Trinajstić information content (AvgIpc) is 2.49. The molecule has 1 aromatic carbocycles. The van der Waals surface area contributed by atoms with E-state index < -0.39 is 5.82 Å². The lowest BCUT2D eigenvalue weighted by Crippen LogP contribution is -2.58. The lowest BCUT2D eigenvalue weighted by molar-refractivity contribution is 0.304. The summed E-state index contributed by atoms with van der Waals surface area (Å²) in [5, 5.41) is 3.55. The molecular formula is C16H23BrF2N2. The molecule has 21 heavy (non-hydrogen) atoms. The van der Waals surface area contributed by atoms with E-state index in [1.54, 1.807) is 0 Å². The predicted octanol–water partition coefficient (Wildman–Crippen LogP) is 4.33. The fraction of sp³-hybridized carbons (Fsp3) is 0.625. The Hall–Kier alpha value is -0.680. The molecule has 1 saturated heterocycles. The predicted molar refractivity (Wildman–Crippen MR) is 86.7 cm³/mol. The third-order valence-electron chi connectivity index (χ3n) is 4.55. The molecule has 0 saturated carbocycles. The lowest BCUT2D eigenvalue weighted by Gasteiger charge is -2.43. The monoisotopic (exact) mass is 360 g/mol. The zero-order chi connectivity index (χ0) is 15.6. The fourth-order valence-electron chi connectivity index (χ4n) is 2.88. The number of nitrogens with zero attached hydrogens (tertiary/aromatic N) is 1. The van der Waals surface area contributed by atoms with Crippen molar-refractivity contribution in [3.8, 4) is 0 Å². The Kier molecular flexibility index (Phi) is 5.60. The zero-order valence-corrected chi connectivity index (χ0v) is 14.4. The van der Waals surface area contributed by atoms with Crippen molar-refractivity contribution in [1.82, 2.24) is 5.32 Å². The van der Waals surface area contributed by atoms with Gasteiger partial charge in [-0.25, -0.2) is 8.78 Å². The molecule has 0 aliphatic carbocycles. The van der Waals surface area contributed by atoms with Gasteiger partial charge in [-0.3, -0.25) is 0 Å². The topological polar surface area (TPSA) is 15.3 Å². The first-order valence-electron chi connectivity index (χ1n) is 7.62. The molecule has 2 nitrogen and oxygen atoms in total. The van der Waals surface area contributed by atoms with Crippen molar-refractivity contribution in [2.75, 3.05) is 18.0 Å². The molecule has 3 unspecified atom stereocenters. The Morgan fingerprint density at radius 1 is 1.33 bits per heavy atom. The van der Waals surface area contributed by atoms with E-state index >= 15 is 0 Å². The Bertz CT molecular complexity index is 495. The van der Waals surface area contributed by atoms with Crippen molar-refractivity contribution in [1.29, 1.82) is 0 Å². The summed E-state index contributed by atoms with van der Waals surface area (Å²) in [5.74, 6) is -0.278. The quantitative estimate of drug-likeness (QED) is 0.803. The van der Waals surface area contributed by atoms with E-state index in [2.05, 4.69) is 42.0 Å². The maximum absolute atomic E-state index is 14.3. The molecule has 3 atom stereocenters. The largest absolute Gasteiger partial charge is 0.363 e. The van der Waals surface area contributed by atoms with Crippen LogP contribution in [0.2, 0.25) is 0 Å². The summed E-state index contributed by atoms with van der Waals surface area (Å²) in [5.41, 5.74) is 0.373. The van der Waals surface area contributed by atoms with Gasteiger partial charge in [0.25, 0.3) is 0 Å². The summed E-state index contributed by atoms with van der Waals surface area (Å²) in [6, 6.07) is 3.03. The molecule has 1 fully saturated rings. The molecule has 0 radical (unpaired) electrons. The summed E-state index contributed by atoms with van der Waals surface area (Å²) in [6.07, 6.45) is 1.97. The van der Waals surface area contributed by atoms with E-state index in [1.807, 2.05) is 4.90 Å². The number of hydrogen-bond donors (Lipinski definition) is 1. The van der Waals surface area contributed by atoms with Crippen LogP contribution in [0.5, 0.6) is 0 Å². The van der Waals surface area contributed by atoms with Gasteiger partial charge in [0.1, 0.15) is 11.6 Å². The highest BCUT2D eigenvalue weighted by Gasteiger charge is 2.31. The van der Waals surface area contributed by atoms with Crippen LogP contribution in [0.15, 0.2) is 16.6 Å². The molecule has 0 spiro atoms.